The van der Waals surface area contributed by atoms with Gasteiger partial charge in [-0.15, -0.1) is 11.3 Å². The van der Waals surface area contributed by atoms with Crippen LogP contribution < -0.4 is 5.32 Å². The van der Waals surface area contributed by atoms with Crippen molar-refractivity contribution < 1.29 is 9.59 Å². The number of carbonyl (C=O) groups excluding carboxylic acids is 2. The fourth-order valence-corrected chi connectivity index (χ4v) is 2.20. The van der Waals surface area contributed by atoms with E-state index in [0.29, 0.717) is 18.0 Å². The summed E-state index contributed by atoms with van der Waals surface area (Å²) in [5.41, 5.74) is 0. The smallest absolute Gasteiger partial charge is 0.280 e. The molecule has 1 aromatic heterocycles. The fraction of sp³-hybridized carbons (Fsp3) is 0.500. The minimum atomic E-state index is -0.393. The summed E-state index contributed by atoms with van der Waals surface area (Å²) in [5, 5.41) is 4.86. The predicted octanol–water partition coefficient (Wildman–Crippen LogP) is 0.146. The first-order valence-electron chi connectivity index (χ1n) is 5.08. The molecule has 0 spiro atoms. The highest BCUT2D eigenvalue weighted by Crippen LogP contribution is 2.07. The number of rotatable bonds is 2. The van der Waals surface area contributed by atoms with Crippen LogP contribution in [0.5, 0.6) is 0 Å². The summed E-state index contributed by atoms with van der Waals surface area (Å²) < 4.78 is 0. The number of hydrogen-bond donors (Lipinski definition) is 1. The van der Waals surface area contributed by atoms with Crippen molar-refractivity contribution >= 4 is 23.0 Å². The van der Waals surface area contributed by atoms with Crippen LogP contribution in [0, 0.1) is 0 Å². The molecule has 1 aliphatic heterocycles. The lowest BCUT2D eigenvalue weighted by Gasteiger charge is -2.28. The highest BCUT2D eigenvalue weighted by molar-refractivity contribution is 7.11. The van der Waals surface area contributed by atoms with E-state index in [0.717, 1.165) is 6.54 Å². The second kappa shape index (κ2) is 4.71. The van der Waals surface area contributed by atoms with Crippen LogP contribution >= 0.6 is 11.3 Å². The average molecular weight is 239 g/mol. The highest BCUT2D eigenvalue weighted by atomic mass is 32.1. The quantitative estimate of drug-likeness (QED) is 0.798. The van der Waals surface area contributed by atoms with E-state index in [1.165, 1.54) is 11.3 Å². The molecule has 0 saturated carbocycles. The summed E-state index contributed by atoms with van der Waals surface area (Å²) >= 11 is 1.27. The lowest BCUT2D eigenvalue weighted by Crippen LogP contribution is -2.51. The van der Waals surface area contributed by atoms with Crippen molar-refractivity contribution in [2.45, 2.75) is 12.5 Å². The Morgan fingerprint density at radius 2 is 2.50 bits per heavy atom. The van der Waals surface area contributed by atoms with Crippen molar-refractivity contribution in [2.24, 2.45) is 0 Å². The molecule has 1 aliphatic rings. The molecule has 1 saturated heterocycles. The van der Waals surface area contributed by atoms with Crippen LogP contribution in [-0.4, -0.2) is 47.8 Å². The maximum absolute atomic E-state index is 11.7. The summed E-state index contributed by atoms with van der Waals surface area (Å²) in [7, 11) is 1.94. The number of aromatic nitrogens is 1. The van der Waals surface area contributed by atoms with Gasteiger partial charge in [0.1, 0.15) is 6.04 Å². The molecular formula is C10H13N3O2S. The van der Waals surface area contributed by atoms with E-state index >= 15 is 0 Å². The monoisotopic (exact) mass is 239 g/mol. The van der Waals surface area contributed by atoms with E-state index < -0.39 is 6.04 Å². The van der Waals surface area contributed by atoms with Gasteiger partial charge in [0.2, 0.25) is 0 Å². The first kappa shape index (κ1) is 11.2. The van der Waals surface area contributed by atoms with Crippen molar-refractivity contribution in [1.29, 1.82) is 0 Å². The molecule has 1 N–H and O–H groups in total. The third-order valence-electron chi connectivity index (χ3n) is 2.55. The summed E-state index contributed by atoms with van der Waals surface area (Å²) in [6, 6.07) is -0.393. The molecule has 1 atom stereocenters. The molecule has 0 aromatic carbocycles. The summed E-state index contributed by atoms with van der Waals surface area (Å²) in [6.45, 7) is 1.35. The number of thiazole rings is 1. The molecule has 1 unspecified atom stereocenters. The maximum Gasteiger partial charge on any atom is 0.280 e. The van der Waals surface area contributed by atoms with Gasteiger partial charge in [-0.1, -0.05) is 0 Å². The summed E-state index contributed by atoms with van der Waals surface area (Å²) in [6.07, 6.45) is 2.08. The fourth-order valence-electron chi connectivity index (χ4n) is 1.66. The number of nitrogens with zero attached hydrogens (tertiary/aromatic N) is 2. The van der Waals surface area contributed by atoms with Gasteiger partial charge in [0.25, 0.3) is 5.91 Å². The first-order valence-corrected chi connectivity index (χ1v) is 5.96. The molecule has 16 heavy (non-hydrogen) atoms. The van der Waals surface area contributed by atoms with Gasteiger partial charge >= 0.3 is 0 Å². The number of amides is 1. The lowest BCUT2D eigenvalue weighted by atomic mass is 10.0. The Morgan fingerprint density at radius 1 is 1.69 bits per heavy atom. The lowest BCUT2D eigenvalue weighted by molar-refractivity contribution is -0.123. The number of carbonyl (C=O) groups is 2. The minimum Gasteiger partial charge on any atom is -0.339 e. The Bertz CT molecular complexity index is 391. The van der Waals surface area contributed by atoms with Gasteiger partial charge in [-0.25, -0.2) is 4.98 Å². The van der Waals surface area contributed by atoms with Gasteiger partial charge in [-0.3, -0.25) is 9.59 Å². The number of likely N-dealkylation sites (N-methyl/N-ethyl adjacent to an activating group) is 1. The number of Topliss-reactive ketones (excluding diaryl/α,β-unsaturated/α-hetero) is 1. The molecule has 0 bridgehead atoms. The number of hydrogen-bond acceptors (Lipinski definition) is 5. The van der Waals surface area contributed by atoms with Crippen molar-refractivity contribution in [3.63, 3.8) is 0 Å². The van der Waals surface area contributed by atoms with Gasteiger partial charge in [0.15, 0.2) is 10.8 Å². The van der Waals surface area contributed by atoms with Crippen LogP contribution in [0.2, 0.25) is 0 Å². The molecule has 0 radical (unpaired) electrons. The highest BCUT2D eigenvalue weighted by Gasteiger charge is 2.27. The molecule has 1 fully saturated rings. The Balaban J connectivity index is 1.98. The van der Waals surface area contributed by atoms with Crippen LogP contribution in [0.15, 0.2) is 11.6 Å². The molecular weight excluding hydrogens is 226 g/mol. The molecule has 5 nitrogen and oxygen atoms in total. The molecule has 86 valence electrons. The number of likely N-dealkylation sites (tertiary alicyclic amines) is 1. The van der Waals surface area contributed by atoms with Gasteiger partial charge < -0.3 is 10.2 Å². The topological polar surface area (TPSA) is 62.3 Å². The molecule has 0 aliphatic carbocycles. The molecule has 2 heterocycles. The molecule has 2 rings (SSSR count). The zero-order valence-electron chi connectivity index (χ0n) is 8.97. The van der Waals surface area contributed by atoms with E-state index in [1.54, 1.807) is 11.6 Å². The minimum absolute atomic E-state index is 0.100. The van der Waals surface area contributed by atoms with Gasteiger partial charge in [0, 0.05) is 31.1 Å². The Morgan fingerprint density at radius 3 is 3.19 bits per heavy atom. The van der Waals surface area contributed by atoms with E-state index in [9.17, 15) is 9.59 Å². The predicted molar refractivity (Wildman–Crippen MR) is 60.5 cm³/mol. The Labute approximate surface area is 97.5 Å². The molecule has 1 aromatic rings. The zero-order chi connectivity index (χ0) is 11.5. The van der Waals surface area contributed by atoms with Crippen molar-refractivity contribution in [1.82, 2.24) is 15.2 Å². The van der Waals surface area contributed by atoms with Crippen LogP contribution in [0.25, 0.3) is 0 Å². The van der Waals surface area contributed by atoms with Crippen LogP contribution in [0.3, 0.4) is 0 Å². The summed E-state index contributed by atoms with van der Waals surface area (Å²) in [5.74, 6) is -0.161. The van der Waals surface area contributed by atoms with E-state index in [1.807, 2.05) is 11.9 Å². The van der Waals surface area contributed by atoms with Crippen LogP contribution in [0.1, 0.15) is 16.2 Å². The van der Waals surface area contributed by atoms with Crippen molar-refractivity contribution in [3.8, 4) is 0 Å². The number of piperidine rings is 1. The normalized spacial score (nSPS) is 22.1. The second-order valence-electron chi connectivity index (χ2n) is 3.84. The molecule has 6 heteroatoms. The van der Waals surface area contributed by atoms with Gasteiger partial charge in [-0.2, -0.15) is 0 Å². The van der Waals surface area contributed by atoms with Crippen molar-refractivity contribution in [3.05, 3.63) is 16.6 Å². The van der Waals surface area contributed by atoms with Gasteiger partial charge in [0.05, 0.1) is 0 Å². The Kier molecular flexibility index (Phi) is 3.31. The molecule has 1 amide bonds. The standard InChI is InChI=1S/C10H13N3O2S/c1-13-4-2-8(14)7(6-13)12-9(15)10-11-3-5-16-10/h3,5,7H,2,4,6H2,1H3,(H,12,15). The van der Waals surface area contributed by atoms with E-state index in [4.69, 9.17) is 0 Å². The SMILES string of the molecule is CN1CCC(=O)C(NC(=O)c2nccs2)C1. The average Bonchev–Trinajstić information content (AvgIpc) is 2.76. The maximum atomic E-state index is 11.7. The van der Waals surface area contributed by atoms with Crippen molar-refractivity contribution in [2.75, 3.05) is 20.1 Å². The van der Waals surface area contributed by atoms with E-state index in [2.05, 4.69) is 10.3 Å². The first-order chi connectivity index (χ1) is 7.66. The third kappa shape index (κ3) is 2.45. The summed E-state index contributed by atoms with van der Waals surface area (Å²) in [4.78, 5) is 29.2. The zero-order valence-corrected chi connectivity index (χ0v) is 9.79. The van der Waals surface area contributed by atoms with E-state index in [-0.39, 0.29) is 11.7 Å². The third-order valence-corrected chi connectivity index (χ3v) is 3.33. The largest absolute Gasteiger partial charge is 0.339 e. The number of ketones is 1. The van der Waals surface area contributed by atoms with Crippen LogP contribution in [-0.2, 0) is 4.79 Å². The van der Waals surface area contributed by atoms with Gasteiger partial charge in [-0.05, 0) is 7.05 Å². The second-order valence-corrected chi connectivity index (χ2v) is 4.74. The van der Waals surface area contributed by atoms with Crippen LogP contribution in [0.4, 0.5) is 0 Å². The Hall–Kier alpha value is -1.27. The number of nitrogens with one attached hydrogen (secondary N) is 1.